The number of nitrogen functional groups attached to an aromatic ring is 1. The number of hydrogen-bond donors (Lipinski definition) is 2. The van der Waals surface area contributed by atoms with Crippen LogP contribution in [0.2, 0.25) is 0 Å². The molecule has 6 nitrogen and oxygen atoms in total. The van der Waals surface area contributed by atoms with E-state index in [-0.39, 0.29) is 6.54 Å². The Labute approximate surface area is 121 Å². The number of hydrogen-bond acceptors (Lipinski definition) is 4. The maximum atomic E-state index is 11.2. The number of nitrogens with zero attached hydrogens (tertiary/aromatic N) is 3. The second-order valence-corrected chi connectivity index (χ2v) is 4.97. The molecule has 0 aliphatic heterocycles. The molecule has 0 aliphatic carbocycles. The number of carboxylic acid groups (broad SMARTS) is 1. The zero-order chi connectivity index (χ0) is 15.0. The number of nitrogens with two attached hydrogens (primary N) is 1. The molecule has 0 unspecified atom stereocenters. The molecule has 0 amide bonds. The first kappa shape index (κ1) is 13.4. The summed E-state index contributed by atoms with van der Waals surface area (Å²) >= 11 is 0. The number of aromatic nitrogens is 3. The molecular weight excluding hydrogens is 268 g/mol. The molecule has 108 valence electrons. The number of rotatable bonds is 4. The lowest BCUT2D eigenvalue weighted by Crippen LogP contribution is -2.12. The zero-order valence-corrected chi connectivity index (χ0v) is 11.7. The van der Waals surface area contributed by atoms with Gasteiger partial charge >= 0.3 is 5.97 Å². The van der Waals surface area contributed by atoms with Gasteiger partial charge in [-0.25, -0.2) is 9.97 Å². The standard InChI is InChI=1S/C15H16N4O2/c1-2-5-11-18-13-14(19(11)8-12(20)21)9-6-3-4-7-10(9)17-15(13)16/h3-4,6-7H,2,5,8H2,1H3,(H2,16,17)(H,20,21). The summed E-state index contributed by atoms with van der Waals surface area (Å²) in [4.78, 5) is 20.1. The lowest BCUT2D eigenvalue weighted by Gasteiger charge is -2.07. The number of para-hydroxylation sites is 1. The van der Waals surface area contributed by atoms with Gasteiger partial charge in [-0.2, -0.15) is 0 Å². The highest BCUT2D eigenvalue weighted by molar-refractivity contribution is 6.06. The van der Waals surface area contributed by atoms with E-state index in [1.54, 1.807) is 4.57 Å². The first-order chi connectivity index (χ1) is 10.1. The van der Waals surface area contributed by atoms with E-state index in [4.69, 9.17) is 5.73 Å². The largest absolute Gasteiger partial charge is 0.480 e. The number of aliphatic carboxylic acids is 1. The van der Waals surface area contributed by atoms with Crippen molar-refractivity contribution in [1.82, 2.24) is 14.5 Å². The van der Waals surface area contributed by atoms with Gasteiger partial charge in [0.05, 0.1) is 11.0 Å². The van der Waals surface area contributed by atoms with Crippen LogP contribution in [0, 0.1) is 0 Å². The van der Waals surface area contributed by atoms with Crippen LogP contribution in [0.1, 0.15) is 19.2 Å². The molecule has 3 aromatic rings. The molecule has 6 heteroatoms. The van der Waals surface area contributed by atoms with Crippen molar-refractivity contribution >= 4 is 33.7 Å². The summed E-state index contributed by atoms with van der Waals surface area (Å²) in [5, 5.41) is 10.1. The van der Waals surface area contributed by atoms with E-state index < -0.39 is 5.97 Å². The fourth-order valence-corrected chi connectivity index (χ4v) is 2.62. The van der Waals surface area contributed by atoms with Gasteiger partial charge in [0.2, 0.25) is 0 Å². The van der Waals surface area contributed by atoms with Gasteiger partial charge < -0.3 is 15.4 Å². The minimum atomic E-state index is -0.897. The first-order valence-corrected chi connectivity index (χ1v) is 6.87. The fourth-order valence-electron chi connectivity index (χ4n) is 2.62. The van der Waals surface area contributed by atoms with Crippen molar-refractivity contribution in [3.63, 3.8) is 0 Å². The Hall–Kier alpha value is -2.63. The molecule has 2 aromatic heterocycles. The summed E-state index contributed by atoms with van der Waals surface area (Å²) in [7, 11) is 0. The number of benzene rings is 1. The fraction of sp³-hybridized carbons (Fsp3) is 0.267. The second-order valence-electron chi connectivity index (χ2n) is 4.97. The smallest absolute Gasteiger partial charge is 0.323 e. The van der Waals surface area contributed by atoms with Crippen LogP contribution in [-0.4, -0.2) is 25.6 Å². The molecule has 3 N–H and O–H groups in total. The van der Waals surface area contributed by atoms with Gasteiger partial charge in [-0.3, -0.25) is 4.79 Å². The van der Waals surface area contributed by atoms with E-state index in [1.165, 1.54) is 0 Å². The van der Waals surface area contributed by atoms with E-state index in [9.17, 15) is 9.90 Å². The molecule has 0 fully saturated rings. The lowest BCUT2D eigenvalue weighted by molar-refractivity contribution is -0.137. The highest BCUT2D eigenvalue weighted by Gasteiger charge is 2.18. The third-order valence-corrected chi connectivity index (χ3v) is 3.46. The van der Waals surface area contributed by atoms with Crippen molar-refractivity contribution in [2.24, 2.45) is 0 Å². The molecular formula is C15H16N4O2. The van der Waals surface area contributed by atoms with Crippen molar-refractivity contribution in [3.8, 4) is 0 Å². The lowest BCUT2D eigenvalue weighted by atomic mass is 10.2. The van der Waals surface area contributed by atoms with Crippen LogP contribution >= 0.6 is 0 Å². The van der Waals surface area contributed by atoms with E-state index in [2.05, 4.69) is 9.97 Å². The Balaban J connectivity index is 2.42. The van der Waals surface area contributed by atoms with Gasteiger partial charge in [0.15, 0.2) is 5.82 Å². The van der Waals surface area contributed by atoms with E-state index in [1.807, 2.05) is 31.2 Å². The molecule has 1 aromatic carbocycles. The number of aryl methyl sites for hydroxylation is 1. The van der Waals surface area contributed by atoms with Crippen LogP contribution in [0.3, 0.4) is 0 Å². The van der Waals surface area contributed by atoms with Crippen molar-refractivity contribution < 1.29 is 9.90 Å². The quantitative estimate of drug-likeness (QED) is 0.766. The summed E-state index contributed by atoms with van der Waals surface area (Å²) in [5.41, 5.74) is 8.08. The number of imidazole rings is 1. The predicted molar refractivity (Wildman–Crippen MR) is 81.1 cm³/mol. The van der Waals surface area contributed by atoms with Crippen LogP contribution < -0.4 is 5.73 Å². The van der Waals surface area contributed by atoms with Crippen LogP contribution in [0.5, 0.6) is 0 Å². The Morgan fingerprint density at radius 2 is 2.10 bits per heavy atom. The second kappa shape index (κ2) is 5.05. The number of anilines is 1. The third kappa shape index (κ3) is 2.18. The molecule has 0 atom stereocenters. The van der Waals surface area contributed by atoms with E-state index in [0.717, 1.165) is 28.7 Å². The van der Waals surface area contributed by atoms with Crippen LogP contribution in [-0.2, 0) is 17.8 Å². The molecule has 0 aliphatic rings. The Morgan fingerprint density at radius 3 is 2.81 bits per heavy atom. The first-order valence-electron chi connectivity index (χ1n) is 6.87. The highest BCUT2D eigenvalue weighted by atomic mass is 16.4. The monoisotopic (exact) mass is 284 g/mol. The van der Waals surface area contributed by atoms with E-state index >= 15 is 0 Å². The number of pyridine rings is 1. The Morgan fingerprint density at radius 1 is 1.33 bits per heavy atom. The van der Waals surface area contributed by atoms with Crippen molar-refractivity contribution in [2.45, 2.75) is 26.3 Å². The normalized spacial score (nSPS) is 11.3. The van der Waals surface area contributed by atoms with Crippen molar-refractivity contribution in [2.75, 3.05) is 5.73 Å². The summed E-state index contributed by atoms with van der Waals surface area (Å²) in [6, 6.07) is 7.56. The summed E-state index contributed by atoms with van der Waals surface area (Å²) < 4.78 is 1.74. The third-order valence-electron chi connectivity index (χ3n) is 3.46. The topological polar surface area (TPSA) is 94.0 Å². The molecule has 0 radical (unpaired) electrons. The minimum absolute atomic E-state index is 0.126. The van der Waals surface area contributed by atoms with Gasteiger partial charge in [0.1, 0.15) is 17.9 Å². The van der Waals surface area contributed by atoms with Crippen molar-refractivity contribution in [1.29, 1.82) is 0 Å². The van der Waals surface area contributed by atoms with Crippen LogP contribution in [0.25, 0.3) is 21.9 Å². The average molecular weight is 284 g/mol. The van der Waals surface area contributed by atoms with Gasteiger partial charge in [-0.05, 0) is 12.5 Å². The Bertz CT molecular complexity index is 838. The average Bonchev–Trinajstić information content (AvgIpc) is 2.79. The van der Waals surface area contributed by atoms with Gasteiger partial charge in [-0.15, -0.1) is 0 Å². The van der Waals surface area contributed by atoms with Gasteiger partial charge in [-0.1, -0.05) is 25.1 Å². The minimum Gasteiger partial charge on any atom is -0.480 e. The molecule has 2 heterocycles. The van der Waals surface area contributed by atoms with E-state index in [0.29, 0.717) is 17.8 Å². The number of fused-ring (bicyclic) bond motifs is 3. The summed E-state index contributed by atoms with van der Waals surface area (Å²) in [6.45, 7) is 1.91. The number of carbonyl (C=O) groups is 1. The molecule has 0 bridgehead atoms. The molecule has 3 rings (SSSR count). The van der Waals surface area contributed by atoms with Crippen LogP contribution in [0.15, 0.2) is 24.3 Å². The summed E-state index contributed by atoms with van der Waals surface area (Å²) in [6.07, 6.45) is 1.59. The van der Waals surface area contributed by atoms with Gasteiger partial charge in [0.25, 0.3) is 0 Å². The predicted octanol–water partition coefficient (Wildman–Crippen LogP) is 2.20. The molecule has 0 saturated carbocycles. The maximum absolute atomic E-state index is 11.2. The molecule has 21 heavy (non-hydrogen) atoms. The molecule has 0 spiro atoms. The number of carboxylic acids is 1. The Kier molecular flexibility index (Phi) is 3.21. The zero-order valence-electron chi connectivity index (χ0n) is 11.7. The SMILES string of the molecule is CCCc1nc2c(N)nc3ccccc3c2n1CC(=O)O. The summed E-state index contributed by atoms with van der Waals surface area (Å²) in [5.74, 6) is 0.177. The van der Waals surface area contributed by atoms with Crippen molar-refractivity contribution in [3.05, 3.63) is 30.1 Å². The maximum Gasteiger partial charge on any atom is 0.323 e. The highest BCUT2D eigenvalue weighted by Crippen LogP contribution is 2.29. The van der Waals surface area contributed by atoms with Crippen LogP contribution in [0.4, 0.5) is 5.82 Å². The van der Waals surface area contributed by atoms with Gasteiger partial charge in [0, 0.05) is 11.8 Å². The molecule has 0 saturated heterocycles.